The molecule has 0 aliphatic rings. The van der Waals surface area contributed by atoms with Crippen molar-refractivity contribution in [2.75, 3.05) is 0 Å². The SMILES string of the molecule is C=C(C)C([I-])(C#N)c1cc2ccc3c(-c4ccccc4)cc(-c4cccc5c4oc4ccccc45)c4ccc(c1)c2c34. The van der Waals surface area contributed by atoms with E-state index in [9.17, 15) is 5.26 Å². The maximum absolute atomic E-state index is 10.1. The van der Waals surface area contributed by atoms with Crippen molar-refractivity contribution in [3.63, 3.8) is 0 Å². The average molecular weight is 650 g/mol. The molecule has 1 radical (unpaired) electrons. The molecular formula is C39H24INO-. The maximum atomic E-state index is 10.1. The predicted molar refractivity (Wildman–Crippen MR) is 170 cm³/mol. The van der Waals surface area contributed by atoms with Gasteiger partial charge in [0, 0.05) is 16.3 Å². The minimum atomic E-state index is -0.792. The van der Waals surface area contributed by atoms with Crippen LogP contribution in [-0.2, 0) is 3.42 Å². The van der Waals surface area contributed by atoms with Gasteiger partial charge >= 0.3 is 0 Å². The van der Waals surface area contributed by atoms with Gasteiger partial charge in [0.1, 0.15) is 11.2 Å². The molecule has 0 amide bonds. The molecular weight excluding hydrogens is 625 g/mol. The second-order valence-corrected chi connectivity index (χ2v) is 12.7. The van der Waals surface area contributed by atoms with Crippen molar-refractivity contribution in [1.82, 2.24) is 0 Å². The lowest BCUT2D eigenvalue weighted by Crippen LogP contribution is -3.42. The summed E-state index contributed by atoms with van der Waals surface area (Å²) in [5.74, 6) is 0. The molecule has 0 spiro atoms. The first-order valence-electron chi connectivity index (χ1n) is 14.0. The summed E-state index contributed by atoms with van der Waals surface area (Å²) in [4.78, 5) is 0. The molecule has 0 aliphatic heterocycles. The van der Waals surface area contributed by atoms with Crippen LogP contribution in [0.5, 0.6) is 0 Å². The van der Waals surface area contributed by atoms with Crippen LogP contribution in [-0.4, -0.2) is 0 Å². The highest BCUT2D eigenvalue weighted by Crippen LogP contribution is 2.46. The van der Waals surface area contributed by atoms with Crippen LogP contribution < -0.4 is 22.6 Å². The van der Waals surface area contributed by atoms with Crippen molar-refractivity contribution in [3.05, 3.63) is 133 Å². The molecule has 8 rings (SSSR count). The van der Waals surface area contributed by atoms with Crippen molar-refractivity contribution >= 4 is 54.3 Å². The van der Waals surface area contributed by atoms with E-state index in [0.29, 0.717) is 0 Å². The molecule has 42 heavy (non-hydrogen) atoms. The van der Waals surface area contributed by atoms with Gasteiger partial charge in [-0.15, -0.1) is 6.58 Å². The highest BCUT2D eigenvalue weighted by Gasteiger charge is 2.23. The lowest BCUT2D eigenvalue weighted by molar-refractivity contribution is -0.449. The number of hydrogen-bond acceptors (Lipinski definition) is 2. The van der Waals surface area contributed by atoms with Crippen LogP contribution in [0.25, 0.3) is 76.5 Å². The van der Waals surface area contributed by atoms with E-state index in [1.54, 1.807) is 0 Å². The Hall–Kier alpha value is -4.66. The third-order valence-electron chi connectivity index (χ3n) is 8.64. The van der Waals surface area contributed by atoms with Gasteiger partial charge in [-0.3, -0.25) is 0 Å². The number of halogens is 1. The van der Waals surface area contributed by atoms with E-state index in [0.717, 1.165) is 55.0 Å². The Morgan fingerprint density at radius 3 is 2.07 bits per heavy atom. The summed E-state index contributed by atoms with van der Waals surface area (Å²) in [6, 6.07) is 43.4. The molecule has 0 saturated heterocycles. The lowest BCUT2D eigenvalue weighted by Gasteiger charge is -2.35. The molecule has 0 fully saturated rings. The molecule has 1 atom stereocenters. The summed E-state index contributed by atoms with van der Waals surface area (Å²) < 4.78 is 5.73. The van der Waals surface area contributed by atoms with Crippen LogP contribution in [0.4, 0.5) is 0 Å². The maximum Gasteiger partial charge on any atom is 0.143 e. The average Bonchev–Trinajstić information content (AvgIpc) is 3.42. The van der Waals surface area contributed by atoms with Gasteiger partial charge in [0.2, 0.25) is 0 Å². The van der Waals surface area contributed by atoms with Crippen LogP contribution in [0.3, 0.4) is 0 Å². The normalized spacial score (nSPS) is 13.3. The Bertz CT molecular complexity index is 2390. The molecule has 0 saturated carbocycles. The molecule has 7 aromatic carbocycles. The second-order valence-electron chi connectivity index (χ2n) is 11.1. The molecule has 8 aromatic rings. The van der Waals surface area contributed by atoms with Crippen molar-refractivity contribution in [1.29, 1.82) is 5.26 Å². The molecule has 0 bridgehead atoms. The van der Waals surface area contributed by atoms with Crippen LogP contribution in [0.1, 0.15) is 12.5 Å². The van der Waals surface area contributed by atoms with E-state index in [1.165, 1.54) is 32.7 Å². The van der Waals surface area contributed by atoms with E-state index >= 15 is 0 Å². The van der Waals surface area contributed by atoms with Gasteiger partial charge in [0.15, 0.2) is 0 Å². The van der Waals surface area contributed by atoms with Gasteiger partial charge in [-0.05, 0) is 77.0 Å². The molecule has 0 aliphatic carbocycles. The highest BCUT2D eigenvalue weighted by atomic mass is 127. The van der Waals surface area contributed by atoms with Gasteiger partial charge in [0.05, 0.1) is 6.07 Å². The number of para-hydroxylation sites is 2. The zero-order valence-corrected chi connectivity index (χ0v) is 25.1. The number of furan rings is 1. The number of benzene rings is 7. The van der Waals surface area contributed by atoms with Crippen molar-refractivity contribution in [3.8, 4) is 28.3 Å². The molecule has 1 heterocycles. The van der Waals surface area contributed by atoms with E-state index < -0.39 is 3.42 Å². The first-order chi connectivity index (χ1) is 20.5. The Balaban J connectivity index is 1.52. The van der Waals surface area contributed by atoms with E-state index in [2.05, 4.69) is 138 Å². The number of rotatable bonds is 4. The number of alkyl halides is 1. The highest BCUT2D eigenvalue weighted by molar-refractivity contribution is 6.29. The summed E-state index contributed by atoms with van der Waals surface area (Å²) in [5.41, 5.74) is 8.17. The summed E-state index contributed by atoms with van der Waals surface area (Å²) in [7, 11) is 0. The smallest absolute Gasteiger partial charge is 0.143 e. The third-order valence-corrected chi connectivity index (χ3v) is 10.4. The Morgan fingerprint density at radius 1 is 0.690 bits per heavy atom. The quantitative estimate of drug-likeness (QED) is 0.0850. The third kappa shape index (κ3) is 3.49. The summed E-state index contributed by atoms with van der Waals surface area (Å²) in [6.07, 6.45) is 0. The van der Waals surface area contributed by atoms with Gasteiger partial charge in [-0.2, -0.15) is 5.26 Å². The summed E-state index contributed by atoms with van der Waals surface area (Å²) >= 11 is 2.24. The van der Waals surface area contributed by atoms with Crippen molar-refractivity contribution in [2.45, 2.75) is 10.3 Å². The predicted octanol–water partition coefficient (Wildman–Crippen LogP) is 7.67. The fourth-order valence-corrected chi connectivity index (χ4v) is 6.87. The lowest BCUT2D eigenvalue weighted by atomic mass is 9.83. The molecule has 0 N–H and O–H groups in total. The fraction of sp³-hybridized carbons (Fsp3) is 0.0513. The number of allylic oxidation sites excluding steroid dienone is 1. The largest absolute Gasteiger partial charge is 0.764 e. The van der Waals surface area contributed by atoms with Gasteiger partial charge in [-0.1, -0.05) is 109 Å². The molecule has 1 unspecified atom stereocenters. The number of fused-ring (bicyclic) bond motifs is 3. The minimum absolute atomic E-state index is 0.792. The topological polar surface area (TPSA) is 36.9 Å². The number of hydrogen-bond donors (Lipinski definition) is 0. The standard InChI is InChI=1S/C39H24INO/c1-23(2)39(40,22-41)27-19-25-15-17-29-33(24-9-4-3-5-10-24)21-34(30-18-16-26(20-27)36(25)37(29)30)32-13-8-12-31-28-11-6-7-14-35(28)42-38(31)32/h3-21H,1H2,2H3/q-1. The Morgan fingerprint density at radius 2 is 1.36 bits per heavy atom. The van der Waals surface area contributed by atoms with E-state index in [4.69, 9.17) is 4.42 Å². The van der Waals surface area contributed by atoms with Crippen molar-refractivity contribution < 1.29 is 27.0 Å². The van der Waals surface area contributed by atoms with E-state index in [-0.39, 0.29) is 0 Å². The number of nitriles is 1. The molecule has 199 valence electrons. The van der Waals surface area contributed by atoms with Crippen molar-refractivity contribution in [2.24, 2.45) is 0 Å². The minimum Gasteiger partial charge on any atom is -0.764 e. The van der Waals surface area contributed by atoms with Gasteiger partial charge in [0.25, 0.3) is 0 Å². The van der Waals surface area contributed by atoms with Crippen LogP contribution in [0.15, 0.2) is 132 Å². The summed E-state index contributed by atoms with van der Waals surface area (Å²) in [6.45, 7) is 6.07. The van der Waals surface area contributed by atoms with E-state index in [1.807, 2.05) is 19.1 Å². The monoisotopic (exact) mass is 649 g/mol. The first-order valence-corrected chi connectivity index (χ1v) is 15.0. The Kier molecular flexibility index (Phi) is 5.48. The molecule has 1 aromatic heterocycles. The van der Waals surface area contributed by atoms with Crippen LogP contribution >= 0.6 is 0 Å². The second kappa shape index (κ2) is 9.17. The molecule has 3 heteroatoms. The Labute approximate surface area is 257 Å². The summed E-state index contributed by atoms with van der Waals surface area (Å²) in [5, 5.41) is 19.5. The van der Waals surface area contributed by atoms with Gasteiger partial charge < -0.3 is 27.0 Å². The molecule has 2 nitrogen and oxygen atoms in total. The van der Waals surface area contributed by atoms with Crippen LogP contribution in [0, 0.1) is 11.3 Å². The zero-order valence-electron chi connectivity index (χ0n) is 22.9. The van der Waals surface area contributed by atoms with Gasteiger partial charge in [-0.25, -0.2) is 0 Å². The first kappa shape index (κ1) is 25.1. The fourth-order valence-electron chi connectivity index (χ4n) is 6.56. The number of nitrogens with zero attached hydrogens (tertiary/aromatic N) is 1. The van der Waals surface area contributed by atoms with Crippen LogP contribution in [0.2, 0.25) is 0 Å². The zero-order chi connectivity index (χ0) is 28.6.